The third-order valence-corrected chi connectivity index (χ3v) is 10.8. The van der Waals surface area contributed by atoms with Crippen LogP contribution in [0.5, 0.6) is 11.5 Å². The van der Waals surface area contributed by atoms with E-state index in [1.165, 1.54) is 5.57 Å². The molecule has 4 atom stereocenters. The van der Waals surface area contributed by atoms with E-state index in [0.717, 1.165) is 23.1 Å². The van der Waals surface area contributed by atoms with Gasteiger partial charge in [-0.15, -0.1) is 0 Å². The van der Waals surface area contributed by atoms with Gasteiger partial charge in [-0.1, -0.05) is 61.0 Å². The monoisotopic (exact) mass is 669 g/mol. The van der Waals surface area contributed by atoms with Crippen LogP contribution in [0.4, 0.5) is 4.79 Å². The number of fused-ring (bicyclic) bond motifs is 8. The Balaban J connectivity index is 1.59. The van der Waals surface area contributed by atoms with E-state index in [-0.39, 0.29) is 31.4 Å². The molecule has 1 fully saturated rings. The van der Waals surface area contributed by atoms with Gasteiger partial charge in [0.1, 0.15) is 11.5 Å². The molecule has 6 rings (SSSR count). The number of hydrogen-bond acceptors (Lipinski definition) is 7. The molecule has 0 radical (unpaired) electrons. The fourth-order valence-electron chi connectivity index (χ4n) is 7.85. The lowest BCUT2D eigenvalue weighted by Crippen LogP contribution is -2.53. The number of hydrogen-bond donors (Lipinski definition) is 2. The number of allylic oxidation sites excluding steroid dienone is 2. The molecule has 3 aromatic rings. The van der Waals surface area contributed by atoms with Crippen molar-refractivity contribution >= 4 is 11.9 Å². The second-order valence-electron chi connectivity index (χ2n) is 13.9. The highest BCUT2D eigenvalue weighted by molar-refractivity contribution is 6.10. The molecule has 8 nitrogen and oxygen atoms in total. The van der Waals surface area contributed by atoms with Gasteiger partial charge in [-0.05, 0) is 94.0 Å². The molecule has 49 heavy (non-hydrogen) atoms. The third-order valence-electron chi connectivity index (χ3n) is 10.8. The van der Waals surface area contributed by atoms with Gasteiger partial charge in [-0.25, -0.2) is 4.79 Å². The molecule has 3 aromatic carbocycles. The van der Waals surface area contributed by atoms with E-state index in [1.54, 1.807) is 32.1 Å². The van der Waals surface area contributed by atoms with E-state index in [4.69, 9.17) is 14.2 Å². The summed E-state index contributed by atoms with van der Waals surface area (Å²) in [6.07, 6.45) is 5.44. The van der Waals surface area contributed by atoms with Gasteiger partial charge in [0.15, 0.2) is 5.78 Å². The van der Waals surface area contributed by atoms with Crippen LogP contribution in [0.15, 0.2) is 78.4 Å². The average molecular weight is 670 g/mol. The summed E-state index contributed by atoms with van der Waals surface area (Å²) < 4.78 is 16.6. The molecule has 0 heterocycles. The van der Waals surface area contributed by atoms with Crippen LogP contribution in [-0.4, -0.2) is 66.1 Å². The van der Waals surface area contributed by atoms with Gasteiger partial charge >= 0.3 is 6.09 Å². The van der Waals surface area contributed by atoms with Crippen molar-refractivity contribution in [2.45, 2.75) is 89.9 Å². The summed E-state index contributed by atoms with van der Waals surface area (Å²) in [4.78, 5) is 29.3. The van der Waals surface area contributed by atoms with Crippen molar-refractivity contribution in [3.8, 4) is 11.5 Å². The smallest absolute Gasteiger partial charge is 0.410 e. The van der Waals surface area contributed by atoms with Crippen molar-refractivity contribution < 1.29 is 34.0 Å². The fraction of sp³-hybridized carbons (Fsp3) is 0.463. The minimum absolute atomic E-state index is 0.0446. The third kappa shape index (κ3) is 7.86. The Morgan fingerprint density at radius 3 is 2.47 bits per heavy atom. The quantitative estimate of drug-likeness (QED) is 0.178. The number of aliphatic hydroxyl groups excluding tert-OH is 1. The average Bonchev–Trinajstić information content (AvgIpc) is 3.35. The highest BCUT2D eigenvalue weighted by Crippen LogP contribution is 2.59. The zero-order valence-corrected chi connectivity index (χ0v) is 29.5. The van der Waals surface area contributed by atoms with E-state index in [2.05, 4.69) is 19.9 Å². The van der Waals surface area contributed by atoms with Crippen LogP contribution in [0.3, 0.4) is 0 Å². The second kappa shape index (κ2) is 15.6. The predicted molar refractivity (Wildman–Crippen MR) is 190 cm³/mol. The summed E-state index contributed by atoms with van der Waals surface area (Å²) in [5.41, 5.74) is 2.95. The summed E-state index contributed by atoms with van der Waals surface area (Å²) in [7, 11) is 3.17. The number of benzene rings is 3. The van der Waals surface area contributed by atoms with E-state index in [1.807, 2.05) is 60.7 Å². The van der Waals surface area contributed by atoms with Gasteiger partial charge in [-0.3, -0.25) is 4.79 Å². The molecule has 0 aromatic heterocycles. The van der Waals surface area contributed by atoms with Crippen LogP contribution >= 0.6 is 0 Å². The Morgan fingerprint density at radius 2 is 1.76 bits per heavy atom. The number of aliphatic hydroxyl groups is 2. The first-order chi connectivity index (χ1) is 23.5. The van der Waals surface area contributed by atoms with Crippen LogP contribution in [-0.2, 0) is 17.7 Å². The standard InChI is InChI=1S/C41H51NO7/c1-6-49-39(45)42(26-31-16-18-33(47-4)25-37(31)48-5)27-41(46)22-20-36-34-19-15-29(24-35(34)38(44)30-12-8-7-9-13-30)23-32(43)17-14-28(2)11-10-21-40(36,41)3/h7-9,11-13,15-16,18-19,24-25,32,36,43,46H,6,10,14,17,20-23,26-27H2,1-5H3. The van der Waals surface area contributed by atoms with Crippen molar-refractivity contribution in [1.82, 2.24) is 4.90 Å². The summed E-state index contributed by atoms with van der Waals surface area (Å²) in [6, 6.07) is 20.7. The molecular formula is C41H51NO7. The summed E-state index contributed by atoms with van der Waals surface area (Å²) >= 11 is 0. The predicted octanol–water partition coefficient (Wildman–Crippen LogP) is 7.63. The largest absolute Gasteiger partial charge is 0.497 e. The highest BCUT2D eigenvalue weighted by Gasteiger charge is 2.57. The summed E-state index contributed by atoms with van der Waals surface area (Å²) in [5.74, 6) is 0.962. The van der Waals surface area contributed by atoms with Crippen LogP contribution < -0.4 is 9.47 Å². The molecule has 3 aliphatic carbocycles. The Morgan fingerprint density at radius 1 is 0.980 bits per heavy atom. The Bertz CT molecular complexity index is 1650. The van der Waals surface area contributed by atoms with E-state index in [9.17, 15) is 19.8 Å². The number of amides is 1. The maximum absolute atomic E-state index is 14.2. The lowest BCUT2D eigenvalue weighted by molar-refractivity contribution is -0.0821. The van der Waals surface area contributed by atoms with Crippen molar-refractivity contribution in [2.75, 3.05) is 27.4 Å². The lowest BCUT2D eigenvalue weighted by Gasteiger charge is -2.46. The van der Waals surface area contributed by atoms with E-state index < -0.39 is 23.2 Å². The molecule has 0 saturated heterocycles. The minimum Gasteiger partial charge on any atom is -0.497 e. The minimum atomic E-state index is -1.30. The van der Waals surface area contributed by atoms with Crippen molar-refractivity contribution in [1.29, 1.82) is 0 Å². The maximum atomic E-state index is 14.2. The van der Waals surface area contributed by atoms with Gasteiger partial charge in [0, 0.05) is 28.2 Å². The molecule has 2 N–H and O–H groups in total. The molecule has 0 aliphatic heterocycles. The molecule has 4 unspecified atom stereocenters. The van der Waals surface area contributed by atoms with Crippen molar-refractivity contribution in [3.05, 3.63) is 106 Å². The first kappa shape index (κ1) is 36.1. The Labute approximate surface area is 290 Å². The topological polar surface area (TPSA) is 106 Å². The van der Waals surface area contributed by atoms with Gasteiger partial charge in [0.05, 0.1) is 45.6 Å². The summed E-state index contributed by atoms with van der Waals surface area (Å²) in [6.45, 7) is 6.39. The van der Waals surface area contributed by atoms with Crippen LogP contribution in [0.1, 0.15) is 97.8 Å². The summed E-state index contributed by atoms with van der Waals surface area (Å²) in [5, 5.41) is 23.8. The number of carbonyl (C=O) groups is 2. The van der Waals surface area contributed by atoms with Gasteiger partial charge < -0.3 is 29.3 Å². The number of rotatable bonds is 9. The van der Waals surface area contributed by atoms with E-state index >= 15 is 0 Å². The van der Waals surface area contributed by atoms with Crippen LogP contribution in [0, 0.1) is 5.41 Å². The number of ketones is 1. The zero-order chi connectivity index (χ0) is 35.2. The highest BCUT2D eigenvalue weighted by atomic mass is 16.6. The molecule has 8 heteroatoms. The van der Waals surface area contributed by atoms with Crippen LogP contribution in [0.25, 0.3) is 0 Å². The molecular weight excluding hydrogens is 618 g/mol. The van der Waals surface area contributed by atoms with Crippen molar-refractivity contribution in [3.63, 3.8) is 0 Å². The normalized spacial score (nSPS) is 23.9. The molecule has 0 spiro atoms. The maximum Gasteiger partial charge on any atom is 0.410 e. The molecule has 3 aliphatic rings. The van der Waals surface area contributed by atoms with Gasteiger partial charge in [-0.2, -0.15) is 0 Å². The second-order valence-corrected chi connectivity index (χ2v) is 13.9. The SMILES string of the molecule is CCOC(=O)N(Cc1ccc(OC)cc1OC)CC1(O)CCC2c3ccc(cc3C(=O)c3ccccc3)CC(O)CCC(C)=CCCC21C. The van der Waals surface area contributed by atoms with Gasteiger partial charge in [0.25, 0.3) is 0 Å². The van der Waals surface area contributed by atoms with Gasteiger partial charge in [0.2, 0.25) is 0 Å². The number of carbonyl (C=O) groups excluding carboxylic acids is 2. The van der Waals surface area contributed by atoms with E-state index in [0.29, 0.717) is 61.2 Å². The first-order valence-corrected chi connectivity index (χ1v) is 17.4. The number of nitrogens with zero attached hydrogens (tertiary/aromatic N) is 1. The Kier molecular flexibility index (Phi) is 11.5. The molecule has 2 bridgehead atoms. The molecule has 1 amide bonds. The number of ether oxygens (including phenoxy) is 3. The number of methoxy groups -OCH3 is 2. The zero-order valence-electron chi connectivity index (χ0n) is 29.5. The Hall–Kier alpha value is -4.14. The van der Waals surface area contributed by atoms with Crippen molar-refractivity contribution in [2.24, 2.45) is 5.41 Å². The van der Waals surface area contributed by atoms with Crippen LogP contribution in [0.2, 0.25) is 0 Å². The molecule has 1 saturated carbocycles. The molecule has 262 valence electrons. The lowest BCUT2D eigenvalue weighted by atomic mass is 9.64. The fourth-order valence-corrected chi connectivity index (χ4v) is 7.85. The first-order valence-electron chi connectivity index (χ1n) is 17.4.